The molecule has 0 aliphatic carbocycles. The van der Waals surface area contributed by atoms with Gasteiger partial charge in [-0.25, -0.2) is 14.2 Å². The Morgan fingerprint density at radius 3 is 2.53 bits per heavy atom. The van der Waals surface area contributed by atoms with Crippen LogP contribution in [0.5, 0.6) is 0 Å². The number of carbonyl (C=O) groups is 3. The smallest absolute Gasteiger partial charge is 0.410 e. The minimum absolute atomic E-state index is 0.140. The fourth-order valence-electron chi connectivity index (χ4n) is 6.37. The van der Waals surface area contributed by atoms with E-state index in [1.807, 2.05) is 60.7 Å². The quantitative estimate of drug-likeness (QED) is 0.176. The van der Waals surface area contributed by atoms with E-state index in [1.165, 1.54) is 33.1 Å². The molecule has 13 heteroatoms. The molecular formula is C40H38FN7O4S. The van der Waals surface area contributed by atoms with Crippen molar-refractivity contribution in [1.29, 1.82) is 0 Å². The Bertz CT molecular complexity index is 2320. The normalized spacial score (nSPS) is 14.6. The van der Waals surface area contributed by atoms with Crippen molar-refractivity contribution < 1.29 is 23.5 Å². The van der Waals surface area contributed by atoms with Crippen LogP contribution in [0.15, 0.2) is 97.3 Å². The van der Waals surface area contributed by atoms with E-state index in [4.69, 9.17) is 9.72 Å². The van der Waals surface area contributed by atoms with Crippen LogP contribution in [0, 0.1) is 5.82 Å². The number of ether oxygens (including phenoxy) is 1. The molecule has 3 amide bonds. The maximum absolute atomic E-state index is 16.0. The molecule has 11 nitrogen and oxygen atoms in total. The predicted octanol–water partition coefficient (Wildman–Crippen LogP) is 8.20. The fourth-order valence-corrected chi connectivity index (χ4v) is 7.42. The number of aromatic nitrogens is 4. The van der Waals surface area contributed by atoms with E-state index < -0.39 is 29.5 Å². The van der Waals surface area contributed by atoms with Gasteiger partial charge in [-0.15, -0.1) is 16.4 Å². The molecule has 1 atom stereocenters. The van der Waals surface area contributed by atoms with E-state index in [1.54, 1.807) is 57.2 Å². The number of fused-ring (bicyclic) bond motifs is 1. The Labute approximate surface area is 310 Å². The number of likely N-dealkylation sites (tertiary alicyclic amines) is 1. The van der Waals surface area contributed by atoms with Crippen LogP contribution in [0.3, 0.4) is 0 Å². The first-order chi connectivity index (χ1) is 25.4. The first-order valence-electron chi connectivity index (χ1n) is 17.3. The number of benzene rings is 3. The van der Waals surface area contributed by atoms with Gasteiger partial charge in [0.2, 0.25) is 0 Å². The minimum Gasteiger partial charge on any atom is -0.444 e. The van der Waals surface area contributed by atoms with E-state index in [0.29, 0.717) is 53.1 Å². The molecule has 1 N–H and O–H groups in total. The summed E-state index contributed by atoms with van der Waals surface area (Å²) >= 11 is 1.49. The maximum atomic E-state index is 16.0. The van der Waals surface area contributed by atoms with Crippen molar-refractivity contribution in [2.24, 2.45) is 7.05 Å². The number of amides is 3. The first-order valence-corrected chi connectivity index (χ1v) is 18.1. The highest BCUT2D eigenvalue weighted by atomic mass is 32.1. The van der Waals surface area contributed by atoms with Gasteiger partial charge in [0.1, 0.15) is 22.9 Å². The molecule has 1 aliphatic heterocycles. The Morgan fingerprint density at radius 2 is 1.79 bits per heavy atom. The van der Waals surface area contributed by atoms with Crippen LogP contribution in [-0.2, 0) is 11.8 Å². The number of pyridine rings is 1. The third-order valence-corrected chi connectivity index (χ3v) is 9.97. The fraction of sp³-hybridized carbons (Fsp3) is 0.250. The highest BCUT2D eigenvalue weighted by Crippen LogP contribution is 2.39. The number of aryl methyl sites for hydroxylation is 1. The lowest BCUT2D eigenvalue weighted by molar-refractivity contribution is 0.0195. The number of para-hydroxylation sites is 1. The number of piperidine rings is 1. The van der Waals surface area contributed by atoms with Crippen LogP contribution >= 0.6 is 11.3 Å². The van der Waals surface area contributed by atoms with Gasteiger partial charge in [0, 0.05) is 58.1 Å². The van der Waals surface area contributed by atoms with Crippen molar-refractivity contribution in [3.8, 4) is 21.7 Å². The first kappa shape index (κ1) is 35.5. The lowest BCUT2D eigenvalue weighted by Gasteiger charge is -2.39. The Morgan fingerprint density at radius 1 is 0.981 bits per heavy atom. The molecule has 3 aromatic carbocycles. The Kier molecular flexibility index (Phi) is 9.76. The maximum Gasteiger partial charge on any atom is 0.410 e. The van der Waals surface area contributed by atoms with E-state index in [-0.39, 0.29) is 18.0 Å². The molecule has 0 radical (unpaired) electrons. The second-order valence-electron chi connectivity index (χ2n) is 13.9. The number of nitrogens with zero attached hydrogens (tertiary/aromatic N) is 6. The largest absolute Gasteiger partial charge is 0.444 e. The highest BCUT2D eigenvalue weighted by molar-refractivity contribution is 7.22. The van der Waals surface area contributed by atoms with Gasteiger partial charge in [0.15, 0.2) is 0 Å². The number of nitrogens with one attached hydrogen (secondary N) is 1. The summed E-state index contributed by atoms with van der Waals surface area (Å²) in [5.41, 5.74) is 2.11. The Balaban J connectivity index is 1.26. The SMILES string of the molecule is Cn1cc(-c2ccc(C(=O)N(c3nccc4sc(-c5cccc(C(=O)Nc6ccccc6)c5)cc34)[C@@H]3CCCN(C(=O)OC(C)(C)C)C3)c(F)c2)nn1. The average molecular weight is 732 g/mol. The van der Waals surface area contributed by atoms with Gasteiger partial charge in [-0.1, -0.05) is 41.6 Å². The lowest BCUT2D eigenvalue weighted by Crippen LogP contribution is -2.53. The summed E-state index contributed by atoms with van der Waals surface area (Å²) in [5, 5.41) is 11.6. The van der Waals surface area contributed by atoms with Crippen molar-refractivity contribution in [2.45, 2.75) is 45.3 Å². The topological polar surface area (TPSA) is 123 Å². The summed E-state index contributed by atoms with van der Waals surface area (Å²) in [5.74, 6) is -1.19. The summed E-state index contributed by atoms with van der Waals surface area (Å²) in [7, 11) is 1.72. The van der Waals surface area contributed by atoms with Crippen molar-refractivity contribution in [3.63, 3.8) is 0 Å². The van der Waals surface area contributed by atoms with Gasteiger partial charge in [0.25, 0.3) is 11.8 Å². The summed E-state index contributed by atoms with van der Waals surface area (Å²) in [6, 6.07) is 24.2. The minimum atomic E-state index is -0.716. The van der Waals surface area contributed by atoms with Crippen LogP contribution in [0.25, 0.3) is 31.8 Å². The second kappa shape index (κ2) is 14.6. The van der Waals surface area contributed by atoms with E-state index in [2.05, 4.69) is 15.6 Å². The molecule has 0 saturated carbocycles. The third kappa shape index (κ3) is 7.80. The number of anilines is 2. The van der Waals surface area contributed by atoms with E-state index in [9.17, 15) is 14.4 Å². The third-order valence-electron chi connectivity index (χ3n) is 8.82. The van der Waals surface area contributed by atoms with Crippen molar-refractivity contribution >= 4 is 50.8 Å². The Hall–Kier alpha value is -5.95. The zero-order valence-corrected chi connectivity index (χ0v) is 30.6. The summed E-state index contributed by atoms with van der Waals surface area (Å²) in [6.45, 7) is 6.05. The molecule has 0 spiro atoms. The zero-order chi connectivity index (χ0) is 37.3. The second-order valence-corrected chi connectivity index (χ2v) is 15.0. The van der Waals surface area contributed by atoms with Crippen molar-refractivity contribution in [3.05, 3.63) is 114 Å². The molecule has 1 aliphatic rings. The van der Waals surface area contributed by atoms with Gasteiger partial charge < -0.3 is 15.0 Å². The average Bonchev–Trinajstić information content (AvgIpc) is 3.79. The zero-order valence-electron chi connectivity index (χ0n) is 29.7. The number of hydrogen-bond donors (Lipinski definition) is 1. The number of hydrogen-bond acceptors (Lipinski definition) is 8. The molecular weight excluding hydrogens is 694 g/mol. The van der Waals surface area contributed by atoms with Crippen LogP contribution in [0.2, 0.25) is 0 Å². The van der Waals surface area contributed by atoms with E-state index >= 15 is 4.39 Å². The molecule has 4 heterocycles. The molecule has 3 aromatic heterocycles. The van der Waals surface area contributed by atoms with Crippen LogP contribution in [0.1, 0.15) is 54.3 Å². The van der Waals surface area contributed by atoms with Crippen LogP contribution in [0.4, 0.5) is 20.7 Å². The van der Waals surface area contributed by atoms with E-state index in [0.717, 1.165) is 15.1 Å². The van der Waals surface area contributed by atoms with Gasteiger partial charge >= 0.3 is 6.09 Å². The summed E-state index contributed by atoms with van der Waals surface area (Å²) < 4.78 is 24.0. The predicted molar refractivity (Wildman–Crippen MR) is 203 cm³/mol. The number of carbonyl (C=O) groups excluding carboxylic acids is 3. The number of thiophene rings is 1. The lowest BCUT2D eigenvalue weighted by atomic mass is 10.0. The van der Waals surface area contributed by atoms with Crippen LogP contribution < -0.4 is 10.2 Å². The van der Waals surface area contributed by atoms with Gasteiger partial charge in [-0.05, 0) is 87.7 Å². The molecule has 1 saturated heterocycles. The number of rotatable bonds is 7. The number of halogens is 1. The molecule has 7 rings (SSSR count). The molecule has 6 aromatic rings. The molecule has 1 fully saturated rings. The monoisotopic (exact) mass is 731 g/mol. The van der Waals surface area contributed by atoms with Gasteiger partial charge in [0.05, 0.1) is 17.8 Å². The highest BCUT2D eigenvalue weighted by Gasteiger charge is 2.36. The van der Waals surface area contributed by atoms with Gasteiger partial charge in [-0.2, -0.15) is 0 Å². The van der Waals surface area contributed by atoms with Crippen LogP contribution in [-0.4, -0.2) is 67.5 Å². The molecule has 0 bridgehead atoms. The molecule has 53 heavy (non-hydrogen) atoms. The molecule has 270 valence electrons. The standard InChI is InChI=1S/C40H38FN7O4S/c1-40(2,3)52-39(51)47-19-9-14-29(23-47)48(38(50)30-16-15-25(21-32(30)41)33-24-46(4)45-44-33)36-31-22-35(53-34(31)17-18-42-36)26-10-8-11-27(20-26)37(49)43-28-12-6-5-7-13-28/h5-8,10-13,15-18,20-22,24,29H,9,14,19,23H2,1-4H3,(H,43,49)/t29-/m1/s1. The van der Waals surface area contributed by atoms with Crippen molar-refractivity contribution in [2.75, 3.05) is 23.3 Å². The summed E-state index contributed by atoms with van der Waals surface area (Å²) in [6.07, 6.45) is 3.97. The molecule has 0 unspecified atom stereocenters. The van der Waals surface area contributed by atoms with Gasteiger partial charge in [-0.3, -0.25) is 19.2 Å². The van der Waals surface area contributed by atoms with Crippen molar-refractivity contribution in [1.82, 2.24) is 24.9 Å². The summed E-state index contributed by atoms with van der Waals surface area (Å²) in [4.78, 5) is 49.7.